The van der Waals surface area contributed by atoms with Gasteiger partial charge in [0.15, 0.2) is 0 Å². The standard InChI is InChI=1S/C10H8ClNO3S3/c11-7-2-1-3-8(6-7)17(13)9-4-5-10(16-9)18(12,14)15/h1-6H,(H2,12,14,15). The van der Waals surface area contributed by atoms with Gasteiger partial charge in [0, 0.05) is 9.92 Å². The van der Waals surface area contributed by atoms with E-state index in [2.05, 4.69) is 0 Å². The smallest absolute Gasteiger partial charge is 0.247 e. The molecule has 2 rings (SSSR count). The highest BCUT2D eigenvalue weighted by atomic mass is 35.5. The molecule has 0 saturated heterocycles. The van der Waals surface area contributed by atoms with Gasteiger partial charge in [0.25, 0.3) is 0 Å². The maximum atomic E-state index is 12.2. The molecule has 2 aromatic rings. The number of hydrogen-bond acceptors (Lipinski definition) is 4. The lowest BCUT2D eigenvalue weighted by Crippen LogP contribution is -2.09. The molecule has 1 heterocycles. The van der Waals surface area contributed by atoms with E-state index in [1.54, 1.807) is 24.3 Å². The Labute approximate surface area is 116 Å². The Morgan fingerprint density at radius 2 is 1.94 bits per heavy atom. The average Bonchev–Trinajstić information content (AvgIpc) is 2.77. The van der Waals surface area contributed by atoms with Crippen LogP contribution in [0.2, 0.25) is 5.02 Å². The molecule has 4 nitrogen and oxygen atoms in total. The molecule has 0 saturated carbocycles. The highest BCUT2D eigenvalue weighted by molar-refractivity contribution is 7.92. The monoisotopic (exact) mass is 321 g/mol. The summed E-state index contributed by atoms with van der Waals surface area (Å²) < 4.78 is 34.8. The summed E-state index contributed by atoms with van der Waals surface area (Å²) in [5.41, 5.74) is 0. The number of thiophene rings is 1. The second-order valence-electron chi connectivity index (χ2n) is 3.34. The predicted molar refractivity (Wildman–Crippen MR) is 71.8 cm³/mol. The molecule has 0 radical (unpaired) electrons. The molecule has 1 unspecified atom stereocenters. The molecule has 1 aromatic carbocycles. The third kappa shape index (κ3) is 2.99. The fraction of sp³-hybridized carbons (Fsp3) is 0. The summed E-state index contributed by atoms with van der Waals surface area (Å²) in [7, 11) is -5.20. The summed E-state index contributed by atoms with van der Waals surface area (Å²) in [4.78, 5) is 0.519. The molecule has 0 aliphatic rings. The van der Waals surface area contributed by atoms with E-state index < -0.39 is 20.8 Å². The summed E-state index contributed by atoms with van der Waals surface area (Å²) in [6.45, 7) is 0. The lowest BCUT2D eigenvalue weighted by molar-refractivity contribution is 0.600. The van der Waals surface area contributed by atoms with Crippen molar-refractivity contribution in [3.63, 3.8) is 0 Å². The molecule has 0 fully saturated rings. The van der Waals surface area contributed by atoms with E-state index in [1.807, 2.05) is 0 Å². The first kappa shape index (κ1) is 13.7. The second kappa shape index (κ2) is 5.10. The van der Waals surface area contributed by atoms with Gasteiger partial charge in [-0.1, -0.05) is 17.7 Å². The van der Waals surface area contributed by atoms with Crippen molar-refractivity contribution in [2.75, 3.05) is 0 Å². The molecule has 0 spiro atoms. The molecule has 0 aliphatic carbocycles. The zero-order chi connectivity index (χ0) is 13.3. The Kier molecular flexibility index (Phi) is 3.88. The Morgan fingerprint density at radius 1 is 1.22 bits per heavy atom. The quantitative estimate of drug-likeness (QED) is 0.941. The van der Waals surface area contributed by atoms with Gasteiger partial charge in [0.05, 0.1) is 15.0 Å². The van der Waals surface area contributed by atoms with Gasteiger partial charge >= 0.3 is 0 Å². The van der Waals surface area contributed by atoms with Crippen molar-refractivity contribution in [2.45, 2.75) is 13.3 Å². The minimum atomic E-state index is -3.75. The van der Waals surface area contributed by atoms with E-state index in [4.69, 9.17) is 16.7 Å². The molecule has 1 atom stereocenters. The van der Waals surface area contributed by atoms with Crippen LogP contribution in [0.15, 0.2) is 49.7 Å². The van der Waals surface area contributed by atoms with Crippen molar-refractivity contribution >= 4 is 43.8 Å². The first-order valence-electron chi connectivity index (χ1n) is 4.68. The Balaban J connectivity index is 2.38. The Morgan fingerprint density at radius 3 is 2.50 bits per heavy atom. The molecule has 18 heavy (non-hydrogen) atoms. The van der Waals surface area contributed by atoms with E-state index in [0.29, 0.717) is 14.1 Å². The van der Waals surface area contributed by atoms with Gasteiger partial charge in [0.1, 0.15) is 4.21 Å². The van der Waals surface area contributed by atoms with Crippen LogP contribution in [0.4, 0.5) is 0 Å². The van der Waals surface area contributed by atoms with Gasteiger partial charge < -0.3 is 0 Å². The second-order valence-corrected chi connectivity index (χ2v) is 8.36. The van der Waals surface area contributed by atoms with Crippen molar-refractivity contribution in [1.29, 1.82) is 0 Å². The van der Waals surface area contributed by atoms with Crippen LogP contribution in [-0.4, -0.2) is 12.6 Å². The van der Waals surface area contributed by atoms with E-state index >= 15 is 0 Å². The van der Waals surface area contributed by atoms with Crippen molar-refractivity contribution in [1.82, 2.24) is 0 Å². The normalized spacial score (nSPS) is 13.4. The molecule has 8 heteroatoms. The van der Waals surface area contributed by atoms with Gasteiger partial charge in [0.2, 0.25) is 10.0 Å². The summed E-state index contributed by atoms with van der Waals surface area (Å²) in [5.74, 6) is 0. The lowest BCUT2D eigenvalue weighted by atomic mass is 10.4. The van der Waals surface area contributed by atoms with Crippen LogP contribution in [0.3, 0.4) is 0 Å². The minimum absolute atomic E-state index is 0.00659. The van der Waals surface area contributed by atoms with Crippen molar-refractivity contribution in [2.24, 2.45) is 5.14 Å². The molecule has 0 aliphatic heterocycles. The van der Waals surface area contributed by atoms with Crippen molar-refractivity contribution in [3.8, 4) is 0 Å². The molecule has 96 valence electrons. The molecular weight excluding hydrogens is 314 g/mol. The number of halogens is 1. The maximum Gasteiger partial charge on any atom is 0.247 e. The van der Waals surface area contributed by atoms with Gasteiger partial charge in [-0.15, -0.1) is 11.3 Å². The molecule has 2 N–H and O–H groups in total. The SMILES string of the molecule is NS(=O)(=O)c1ccc(S(=O)c2cccc(Cl)c2)s1. The number of sulfonamides is 1. The summed E-state index contributed by atoms with van der Waals surface area (Å²) in [5, 5.41) is 5.47. The van der Waals surface area contributed by atoms with E-state index in [0.717, 1.165) is 11.3 Å². The number of primary sulfonamides is 1. The third-order valence-electron chi connectivity index (χ3n) is 2.03. The van der Waals surface area contributed by atoms with Crippen LogP contribution in [-0.2, 0) is 20.8 Å². The predicted octanol–water partition coefficient (Wildman–Crippen LogP) is 2.22. The van der Waals surface area contributed by atoms with Crippen LogP contribution < -0.4 is 5.14 Å². The Bertz CT molecular complexity index is 709. The van der Waals surface area contributed by atoms with E-state index in [9.17, 15) is 12.6 Å². The van der Waals surface area contributed by atoms with Gasteiger partial charge in [-0.05, 0) is 30.3 Å². The highest BCUT2D eigenvalue weighted by Gasteiger charge is 2.15. The first-order chi connectivity index (χ1) is 8.38. The summed E-state index contributed by atoms with van der Waals surface area (Å²) in [6.07, 6.45) is 0. The van der Waals surface area contributed by atoms with Crippen LogP contribution in [0, 0.1) is 0 Å². The largest absolute Gasteiger partial charge is 0.248 e. The molecular formula is C10H8ClNO3S3. The maximum absolute atomic E-state index is 12.2. The van der Waals surface area contributed by atoms with Crippen molar-refractivity contribution < 1.29 is 12.6 Å². The average molecular weight is 322 g/mol. The number of benzene rings is 1. The molecule has 1 aromatic heterocycles. The zero-order valence-electron chi connectivity index (χ0n) is 8.87. The van der Waals surface area contributed by atoms with Crippen LogP contribution >= 0.6 is 22.9 Å². The van der Waals surface area contributed by atoms with Crippen LogP contribution in [0.5, 0.6) is 0 Å². The van der Waals surface area contributed by atoms with E-state index in [-0.39, 0.29) is 4.21 Å². The first-order valence-corrected chi connectivity index (χ1v) is 8.57. The van der Waals surface area contributed by atoms with Gasteiger partial charge in [-0.2, -0.15) is 0 Å². The fourth-order valence-corrected chi connectivity index (χ4v) is 4.85. The van der Waals surface area contributed by atoms with Gasteiger partial charge in [-0.3, -0.25) is 0 Å². The summed E-state index contributed by atoms with van der Waals surface area (Å²) >= 11 is 6.70. The lowest BCUT2D eigenvalue weighted by Gasteiger charge is -1.99. The fourth-order valence-electron chi connectivity index (χ4n) is 1.25. The van der Waals surface area contributed by atoms with Crippen molar-refractivity contribution in [3.05, 3.63) is 41.4 Å². The van der Waals surface area contributed by atoms with E-state index in [1.165, 1.54) is 12.1 Å². The number of hydrogen-bond donors (Lipinski definition) is 1. The number of rotatable bonds is 3. The van der Waals surface area contributed by atoms with Crippen LogP contribution in [0.25, 0.3) is 0 Å². The third-order valence-corrected chi connectivity index (χ3v) is 6.47. The van der Waals surface area contributed by atoms with Gasteiger partial charge in [-0.25, -0.2) is 17.8 Å². The minimum Gasteiger partial charge on any atom is -0.248 e. The van der Waals surface area contributed by atoms with Crippen LogP contribution in [0.1, 0.15) is 0 Å². The highest BCUT2D eigenvalue weighted by Crippen LogP contribution is 2.27. The Hall–Kier alpha value is -0.730. The topological polar surface area (TPSA) is 77.2 Å². The zero-order valence-corrected chi connectivity index (χ0v) is 12.1. The number of nitrogens with two attached hydrogens (primary N) is 1. The molecule has 0 amide bonds. The summed E-state index contributed by atoms with van der Waals surface area (Å²) in [6, 6.07) is 9.43. The molecule has 0 bridgehead atoms.